The van der Waals surface area contributed by atoms with Gasteiger partial charge in [-0.1, -0.05) is 0 Å². The minimum Gasteiger partial charge on any atom is -0.314 e. The van der Waals surface area contributed by atoms with Gasteiger partial charge in [-0.05, 0) is 41.8 Å². The predicted molar refractivity (Wildman–Crippen MR) is 66.3 cm³/mol. The molecule has 1 fully saturated rings. The van der Waals surface area contributed by atoms with Crippen LogP contribution in [0.1, 0.15) is 27.7 Å². The number of piperazine rings is 1. The second-order valence-corrected chi connectivity index (χ2v) is 6.00. The Bertz CT molecular complexity index is 196. The number of nitrogens with zero attached hydrogens (tertiary/aromatic N) is 2. The number of hydrogen-bond donors (Lipinski definition) is 1. The monoisotopic (exact) mass is 213 g/mol. The Kier molecular flexibility index (Phi) is 4.15. The summed E-state index contributed by atoms with van der Waals surface area (Å²) < 4.78 is 0. The van der Waals surface area contributed by atoms with E-state index in [4.69, 9.17) is 0 Å². The average molecular weight is 213 g/mol. The van der Waals surface area contributed by atoms with Crippen LogP contribution < -0.4 is 5.32 Å². The summed E-state index contributed by atoms with van der Waals surface area (Å²) in [7, 11) is 4.31. The van der Waals surface area contributed by atoms with Gasteiger partial charge < -0.3 is 10.2 Å². The van der Waals surface area contributed by atoms with Gasteiger partial charge in [-0.2, -0.15) is 0 Å². The van der Waals surface area contributed by atoms with Gasteiger partial charge in [0.25, 0.3) is 0 Å². The molecule has 1 saturated heterocycles. The van der Waals surface area contributed by atoms with Crippen molar-refractivity contribution in [3.05, 3.63) is 0 Å². The number of hydrogen-bond acceptors (Lipinski definition) is 3. The van der Waals surface area contributed by atoms with Crippen molar-refractivity contribution in [1.82, 2.24) is 15.1 Å². The van der Waals surface area contributed by atoms with Crippen molar-refractivity contribution in [2.24, 2.45) is 0 Å². The summed E-state index contributed by atoms with van der Waals surface area (Å²) in [6.45, 7) is 12.6. The minimum atomic E-state index is 0.266. The third kappa shape index (κ3) is 3.44. The van der Waals surface area contributed by atoms with Gasteiger partial charge in [0.1, 0.15) is 0 Å². The summed E-state index contributed by atoms with van der Waals surface area (Å²) >= 11 is 0. The lowest BCUT2D eigenvalue weighted by molar-refractivity contribution is 0.00819. The fraction of sp³-hybridized carbons (Fsp3) is 1.00. The maximum Gasteiger partial charge on any atom is 0.0356 e. The molecular formula is C12H27N3. The van der Waals surface area contributed by atoms with Crippen molar-refractivity contribution >= 4 is 0 Å². The van der Waals surface area contributed by atoms with Crippen molar-refractivity contribution in [3.8, 4) is 0 Å². The van der Waals surface area contributed by atoms with E-state index in [1.54, 1.807) is 0 Å². The number of nitrogens with one attached hydrogen (secondary N) is 1. The molecule has 0 saturated carbocycles. The Balaban J connectivity index is 2.73. The molecule has 0 spiro atoms. The zero-order valence-electron chi connectivity index (χ0n) is 11.2. The molecule has 0 amide bonds. The highest BCUT2D eigenvalue weighted by molar-refractivity contribution is 4.93. The first kappa shape index (κ1) is 12.9. The first-order valence-corrected chi connectivity index (χ1v) is 5.96. The molecule has 90 valence electrons. The molecule has 0 radical (unpaired) electrons. The molecule has 0 aliphatic carbocycles. The molecule has 2 atom stereocenters. The van der Waals surface area contributed by atoms with Crippen molar-refractivity contribution < 1.29 is 0 Å². The van der Waals surface area contributed by atoms with Crippen LogP contribution in [0.25, 0.3) is 0 Å². The van der Waals surface area contributed by atoms with Gasteiger partial charge in [0.2, 0.25) is 0 Å². The highest BCUT2D eigenvalue weighted by Crippen LogP contribution is 2.22. The van der Waals surface area contributed by atoms with Gasteiger partial charge in [0.05, 0.1) is 0 Å². The van der Waals surface area contributed by atoms with E-state index >= 15 is 0 Å². The number of rotatable bonds is 2. The zero-order chi connectivity index (χ0) is 11.6. The summed E-state index contributed by atoms with van der Waals surface area (Å²) in [5, 5.41) is 3.52. The van der Waals surface area contributed by atoms with E-state index in [1.165, 1.54) is 0 Å². The maximum atomic E-state index is 3.52. The van der Waals surface area contributed by atoms with E-state index in [1.807, 2.05) is 0 Å². The third-order valence-corrected chi connectivity index (χ3v) is 3.04. The minimum absolute atomic E-state index is 0.266. The molecule has 1 aliphatic rings. The molecule has 1 rings (SSSR count). The lowest BCUT2D eigenvalue weighted by Gasteiger charge is -2.49. The first-order chi connectivity index (χ1) is 6.82. The highest BCUT2D eigenvalue weighted by atomic mass is 15.3. The van der Waals surface area contributed by atoms with Crippen LogP contribution in [0.3, 0.4) is 0 Å². The van der Waals surface area contributed by atoms with E-state index in [0.717, 1.165) is 19.6 Å². The lowest BCUT2D eigenvalue weighted by atomic mass is 9.97. The fourth-order valence-electron chi connectivity index (χ4n) is 2.80. The molecule has 1 heterocycles. The van der Waals surface area contributed by atoms with Gasteiger partial charge in [0.15, 0.2) is 0 Å². The summed E-state index contributed by atoms with van der Waals surface area (Å²) in [5.41, 5.74) is 0.266. The average Bonchev–Trinajstić information content (AvgIpc) is 1.99. The van der Waals surface area contributed by atoms with Crippen molar-refractivity contribution in [3.63, 3.8) is 0 Å². The molecule has 1 N–H and O–H groups in total. The molecule has 0 aromatic heterocycles. The predicted octanol–water partition coefficient (Wildman–Crippen LogP) is 1.01. The second-order valence-electron chi connectivity index (χ2n) is 6.00. The summed E-state index contributed by atoms with van der Waals surface area (Å²) in [5.74, 6) is 0. The van der Waals surface area contributed by atoms with E-state index in [-0.39, 0.29) is 5.54 Å². The lowest BCUT2D eigenvalue weighted by Crippen LogP contribution is -2.64. The van der Waals surface area contributed by atoms with Crippen molar-refractivity contribution in [2.45, 2.75) is 45.3 Å². The van der Waals surface area contributed by atoms with Crippen LogP contribution in [0, 0.1) is 0 Å². The topological polar surface area (TPSA) is 18.5 Å². The number of likely N-dealkylation sites (N-methyl/N-ethyl adjacent to an activating group) is 1. The Morgan fingerprint density at radius 2 is 1.87 bits per heavy atom. The Hall–Kier alpha value is -0.120. The van der Waals surface area contributed by atoms with Gasteiger partial charge in [-0.3, -0.25) is 4.90 Å². The standard InChI is InChI=1S/C12H27N3/c1-10-7-13-8-11(9-14(5)6)15(10)12(2,3)4/h10-11,13H,7-9H2,1-6H3. The molecule has 1 aliphatic heterocycles. The van der Waals surface area contributed by atoms with Crippen molar-refractivity contribution in [2.75, 3.05) is 33.7 Å². The summed E-state index contributed by atoms with van der Waals surface area (Å²) in [6, 6.07) is 1.26. The van der Waals surface area contributed by atoms with Crippen LogP contribution >= 0.6 is 0 Å². The van der Waals surface area contributed by atoms with E-state index in [2.05, 4.69) is 56.9 Å². The van der Waals surface area contributed by atoms with Gasteiger partial charge in [0, 0.05) is 37.3 Å². The molecule has 0 bridgehead atoms. The van der Waals surface area contributed by atoms with Crippen LogP contribution in [0.2, 0.25) is 0 Å². The smallest absolute Gasteiger partial charge is 0.0356 e. The van der Waals surface area contributed by atoms with Crippen LogP contribution in [0.5, 0.6) is 0 Å². The molecular weight excluding hydrogens is 186 g/mol. The molecule has 0 aromatic carbocycles. The van der Waals surface area contributed by atoms with Crippen LogP contribution in [0.4, 0.5) is 0 Å². The summed E-state index contributed by atoms with van der Waals surface area (Å²) in [4.78, 5) is 4.94. The van der Waals surface area contributed by atoms with E-state index in [9.17, 15) is 0 Å². The van der Waals surface area contributed by atoms with Gasteiger partial charge in [-0.15, -0.1) is 0 Å². The van der Waals surface area contributed by atoms with E-state index in [0.29, 0.717) is 12.1 Å². The second kappa shape index (κ2) is 4.81. The maximum absolute atomic E-state index is 3.52. The van der Waals surface area contributed by atoms with Gasteiger partial charge in [-0.25, -0.2) is 0 Å². The first-order valence-electron chi connectivity index (χ1n) is 5.96. The largest absolute Gasteiger partial charge is 0.314 e. The fourth-order valence-corrected chi connectivity index (χ4v) is 2.80. The Labute approximate surface area is 94.8 Å². The van der Waals surface area contributed by atoms with Crippen molar-refractivity contribution in [1.29, 1.82) is 0 Å². The molecule has 3 heteroatoms. The highest BCUT2D eigenvalue weighted by Gasteiger charge is 2.35. The zero-order valence-corrected chi connectivity index (χ0v) is 11.2. The van der Waals surface area contributed by atoms with E-state index < -0.39 is 0 Å². The van der Waals surface area contributed by atoms with Crippen LogP contribution in [-0.4, -0.2) is 61.2 Å². The molecule has 2 unspecified atom stereocenters. The Morgan fingerprint density at radius 3 is 2.33 bits per heavy atom. The van der Waals surface area contributed by atoms with Gasteiger partial charge >= 0.3 is 0 Å². The summed E-state index contributed by atoms with van der Waals surface area (Å²) in [6.07, 6.45) is 0. The van der Waals surface area contributed by atoms with Crippen LogP contribution in [-0.2, 0) is 0 Å². The molecule has 3 nitrogen and oxygen atoms in total. The Morgan fingerprint density at radius 1 is 1.27 bits per heavy atom. The molecule has 15 heavy (non-hydrogen) atoms. The van der Waals surface area contributed by atoms with Crippen LogP contribution in [0.15, 0.2) is 0 Å². The molecule has 0 aromatic rings. The third-order valence-electron chi connectivity index (χ3n) is 3.04. The normalized spacial score (nSPS) is 29.8. The SMILES string of the molecule is CC1CNCC(CN(C)C)N1C(C)(C)C. The quantitative estimate of drug-likeness (QED) is 0.738.